The standard InChI is InChI=1S/C29H29ClF3N5O4/c1-17-12-25(42-11-10-39)34-15-24(17)38-23-5-3-2-4-22(23)37(28(38)41)16-18-6-8-20(9-7-18)36-27(40)21-13-19(30)14-35-26(21)29(31,32)33/h2-5,12-15,18,20,39H,6-11,16H2,1H3,(H,36,40). The van der Waals surface area contributed by atoms with E-state index < -0.39 is 23.3 Å². The summed E-state index contributed by atoms with van der Waals surface area (Å²) in [6.07, 6.45) is 0.114. The maximum absolute atomic E-state index is 13.7. The van der Waals surface area contributed by atoms with Gasteiger partial charge in [-0.1, -0.05) is 23.7 Å². The van der Waals surface area contributed by atoms with E-state index in [0.717, 1.165) is 28.9 Å². The van der Waals surface area contributed by atoms with Crippen molar-refractivity contribution in [1.29, 1.82) is 0 Å². The summed E-state index contributed by atoms with van der Waals surface area (Å²) in [4.78, 5) is 34.1. The number of ether oxygens (including phenoxy) is 1. The largest absolute Gasteiger partial charge is 0.475 e. The van der Waals surface area contributed by atoms with Gasteiger partial charge in [0.1, 0.15) is 6.61 Å². The lowest BCUT2D eigenvalue weighted by Gasteiger charge is -2.29. The molecular weight excluding hydrogens is 575 g/mol. The Morgan fingerprint density at radius 3 is 2.50 bits per heavy atom. The first-order valence-corrected chi connectivity index (χ1v) is 13.9. The van der Waals surface area contributed by atoms with Crippen LogP contribution in [0.25, 0.3) is 16.7 Å². The minimum atomic E-state index is -4.79. The number of aryl methyl sites for hydroxylation is 1. The fourth-order valence-electron chi connectivity index (χ4n) is 5.45. The molecule has 0 bridgehead atoms. The molecule has 222 valence electrons. The molecule has 13 heteroatoms. The Morgan fingerprint density at radius 2 is 1.83 bits per heavy atom. The zero-order chi connectivity index (χ0) is 30.0. The van der Waals surface area contributed by atoms with Gasteiger partial charge in [0.05, 0.1) is 40.1 Å². The van der Waals surface area contributed by atoms with Gasteiger partial charge >= 0.3 is 11.9 Å². The van der Waals surface area contributed by atoms with E-state index in [1.54, 1.807) is 21.4 Å². The number of aromatic nitrogens is 4. The quantitative estimate of drug-likeness (QED) is 0.296. The fourth-order valence-corrected chi connectivity index (χ4v) is 5.61. The number of pyridine rings is 2. The number of halogens is 4. The molecule has 0 spiro atoms. The van der Waals surface area contributed by atoms with Crippen molar-refractivity contribution in [3.05, 3.63) is 81.1 Å². The number of carbonyl (C=O) groups excluding carboxylic acids is 1. The summed E-state index contributed by atoms with van der Waals surface area (Å²) in [5.41, 5.74) is 0.808. The van der Waals surface area contributed by atoms with Crippen molar-refractivity contribution in [2.75, 3.05) is 13.2 Å². The van der Waals surface area contributed by atoms with Gasteiger partial charge in [-0.25, -0.2) is 14.8 Å². The molecule has 2 N–H and O–H groups in total. The van der Waals surface area contributed by atoms with E-state index in [4.69, 9.17) is 21.4 Å². The number of nitrogens with one attached hydrogen (secondary N) is 1. The van der Waals surface area contributed by atoms with E-state index in [-0.39, 0.29) is 35.9 Å². The van der Waals surface area contributed by atoms with Crippen molar-refractivity contribution in [1.82, 2.24) is 24.4 Å². The third-order valence-electron chi connectivity index (χ3n) is 7.47. The Kier molecular flexibility index (Phi) is 8.55. The van der Waals surface area contributed by atoms with Crippen molar-refractivity contribution in [2.45, 2.75) is 51.4 Å². The number of aliphatic hydroxyl groups is 1. The highest BCUT2D eigenvalue weighted by atomic mass is 35.5. The normalized spacial score (nSPS) is 17.4. The Balaban J connectivity index is 1.31. The van der Waals surface area contributed by atoms with Crippen molar-refractivity contribution >= 4 is 28.5 Å². The molecule has 1 saturated carbocycles. The number of carbonyl (C=O) groups is 1. The molecule has 1 aromatic carbocycles. The number of amides is 1. The van der Waals surface area contributed by atoms with Gasteiger partial charge in [-0.05, 0) is 62.3 Å². The lowest BCUT2D eigenvalue weighted by molar-refractivity contribution is -0.141. The predicted octanol–water partition coefficient (Wildman–Crippen LogP) is 4.92. The van der Waals surface area contributed by atoms with Gasteiger partial charge in [-0.15, -0.1) is 0 Å². The van der Waals surface area contributed by atoms with Crippen LogP contribution in [0.1, 0.15) is 47.3 Å². The molecule has 1 aliphatic rings. The summed E-state index contributed by atoms with van der Waals surface area (Å²) < 4.78 is 48.9. The number of benzene rings is 1. The van der Waals surface area contributed by atoms with Crippen LogP contribution in [-0.4, -0.2) is 49.4 Å². The number of imidazole rings is 1. The average molecular weight is 604 g/mol. The Morgan fingerprint density at radius 1 is 1.12 bits per heavy atom. The molecule has 0 unspecified atom stereocenters. The molecule has 3 heterocycles. The highest BCUT2D eigenvalue weighted by Gasteiger charge is 2.38. The van der Waals surface area contributed by atoms with Crippen LogP contribution in [0.3, 0.4) is 0 Å². The SMILES string of the molecule is Cc1cc(OCCO)ncc1-n1c(=O)n(CC2CCC(NC(=O)c3cc(Cl)cnc3C(F)(F)F)CC2)c2ccccc21. The zero-order valence-corrected chi connectivity index (χ0v) is 23.5. The van der Waals surface area contributed by atoms with Crippen LogP contribution in [-0.2, 0) is 12.7 Å². The van der Waals surface area contributed by atoms with Crippen LogP contribution in [0.2, 0.25) is 5.02 Å². The molecule has 1 fully saturated rings. The summed E-state index contributed by atoms with van der Waals surface area (Å²) in [5.74, 6) is -0.383. The first kappa shape index (κ1) is 29.6. The average Bonchev–Trinajstić information content (AvgIpc) is 3.23. The van der Waals surface area contributed by atoms with E-state index in [0.29, 0.717) is 43.8 Å². The smallest absolute Gasteiger partial charge is 0.434 e. The second kappa shape index (κ2) is 12.1. The van der Waals surface area contributed by atoms with Crippen molar-refractivity contribution < 1.29 is 27.8 Å². The molecule has 0 radical (unpaired) electrons. The zero-order valence-electron chi connectivity index (χ0n) is 22.7. The molecule has 0 saturated heterocycles. The van der Waals surface area contributed by atoms with Gasteiger partial charge in [0.15, 0.2) is 5.69 Å². The van der Waals surface area contributed by atoms with E-state index in [1.165, 1.54) is 0 Å². The van der Waals surface area contributed by atoms with Gasteiger partial charge in [0, 0.05) is 24.8 Å². The van der Waals surface area contributed by atoms with E-state index >= 15 is 0 Å². The first-order chi connectivity index (χ1) is 20.1. The molecule has 1 amide bonds. The summed E-state index contributed by atoms with van der Waals surface area (Å²) in [7, 11) is 0. The fraction of sp³-hybridized carbons (Fsp3) is 0.379. The molecule has 9 nitrogen and oxygen atoms in total. The molecule has 0 aliphatic heterocycles. The number of hydrogen-bond acceptors (Lipinski definition) is 6. The molecule has 3 aromatic heterocycles. The van der Waals surface area contributed by atoms with Crippen LogP contribution < -0.4 is 15.7 Å². The van der Waals surface area contributed by atoms with Crippen LogP contribution >= 0.6 is 11.6 Å². The topological polar surface area (TPSA) is 111 Å². The van der Waals surface area contributed by atoms with Gasteiger partial charge in [0.25, 0.3) is 5.91 Å². The molecular formula is C29H29ClF3N5O4. The van der Waals surface area contributed by atoms with Crippen LogP contribution in [0.15, 0.2) is 53.6 Å². The number of fused-ring (bicyclic) bond motifs is 1. The number of hydrogen-bond donors (Lipinski definition) is 2. The van der Waals surface area contributed by atoms with Crippen molar-refractivity contribution in [2.24, 2.45) is 5.92 Å². The lowest BCUT2D eigenvalue weighted by Crippen LogP contribution is -2.39. The Labute approximate surface area is 243 Å². The second-order valence-corrected chi connectivity index (χ2v) is 10.8. The number of para-hydroxylation sites is 2. The van der Waals surface area contributed by atoms with E-state index in [1.807, 2.05) is 31.2 Å². The first-order valence-electron chi connectivity index (χ1n) is 13.5. The molecule has 42 heavy (non-hydrogen) atoms. The minimum Gasteiger partial charge on any atom is -0.475 e. The molecule has 5 rings (SSSR count). The van der Waals surface area contributed by atoms with Gasteiger partial charge in [0.2, 0.25) is 5.88 Å². The van der Waals surface area contributed by atoms with Gasteiger partial charge in [-0.3, -0.25) is 13.9 Å². The highest BCUT2D eigenvalue weighted by Crippen LogP contribution is 2.32. The third-order valence-corrected chi connectivity index (χ3v) is 7.67. The Hall–Kier alpha value is -3.90. The van der Waals surface area contributed by atoms with Crippen LogP contribution in [0.5, 0.6) is 5.88 Å². The summed E-state index contributed by atoms with van der Waals surface area (Å²) in [5, 5.41) is 11.7. The number of aliphatic hydroxyl groups excluding tert-OH is 1. The van der Waals surface area contributed by atoms with Crippen molar-refractivity contribution in [3.8, 4) is 11.6 Å². The van der Waals surface area contributed by atoms with Crippen molar-refractivity contribution in [3.63, 3.8) is 0 Å². The van der Waals surface area contributed by atoms with Gasteiger partial charge in [-0.2, -0.15) is 13.2 Å². The summed E-state index contributed by atoms with van der Waals surface area (Å²) in [6, 6.07) is 9.87. The minimum absolute atomic E-state index is 0.0570. The summed E-state index contributed by atoms with van der Waals surface area (Å²) in [6.45, 7) is 2.28. The molecule has 1 aliphatic carbocycles. The third kappa shape index (κ3) is 6.14. The van der Waals surface area contributed by atoms with Crippen LogP contribution in [0.4, 0.5) is 13.2 Å². The van der Waals surface area contributed by atoms with Gasteiger partial charge < -0.3 is 15.2 Å². The molecule has 0 atom stereocenters. The lowest BCUT2D eigenvalue weighted by atomic mass is 9.85. The maximum atomic E-state index is 13.7. The monoisotopic (exact) mass is 603 g/mol. The number of alkyl halides is 3. The second-order valence-electron chi connectivity index (χ2n) is 10.3. The van der Waals surface area contributed by atoms with E-state index in [2.05, 4.69) is 15.3 Å². The maximum Gasteiger partial charge on any atom is 0.434 e. The number of rotatable bonds is 8. The highest BCUT2D eigenvalue weighted by molar-refractivity contribution is 6.30. The van der Waals surface area contributed by atoms with Crippen LogP contribution in [0, 0.1) is 12.8 Å². The summed E-state index contributed by atoms with van der Waals surface area (Å²) >= 11 is 5.82. The van der Waals surface area contributed by atoms with E-state index in [9.17, 15) is 22.8 Å². The predicted molar refractivity (Wildman–Crippen MR) is 150 cm³/mol. The number of nitrogens with zero attached hydrogens (tertiary/aromatic N) is 4. The molecule has 4 aromatic rings. The Bertz CT molecular complexity index is 1660.